The first-order valence-corrected chi connectivity index (χ1v) is 9.55. The number of fused-ring (bicyclic) bond motifs is 1. The number of imide groups is 1. The molecule has 3 amide bonds. The van der Waals surface area contributed by atoms with Crippen LogP contribution in [0.4, 0.5) is 4.79 Å². The van der Waals surface area contributed by atoms with E-state index in [0.29, 0.717) is 17.3 Å². The van der Waals surface area contributed by atoms with E-state index in [1.165, 1.54) is 59.9 Å². The van der Waals surface area contributed by atoms with Crippen molar-refractivity contribution < 1.29 is 24.0 Å². The zero-order chi connectivity index (χ0) is 19.9. The Balaban J connectivity index is 1.99. The lowest BCUT2D eigenvalue weighted by atomic mass is 10.1. The predicted molar refractivity (Wildman–Crippen MR) is 99.9 cm³/mol. The Hall–Kier alpha value is -1.84. The second-order valence-electron chi connectivity index (χ2n) is 6.57. The molecule has 0 aromatic rings. The summed E-state index contributed by atoms with van der Waals surface area (Å²) >= 11 is 0. The molecule has 27 heavy (non-hydrogen) atoms. The minimum atomic E-state index is -1.69. The third-order valence-corrected chi connectivity index (χ3v) is 4.74. The van der Waals surface area contributed by atoms with Gasteiger partial charge in [0, 0.05) is 13.5 Å². The van der Waals surface area contributed by atoms with Gasteiger partial charge in [0.2, 0.25) is 0 Å². The lowest BCUT2D eigenvalue weighted by Crippen LogP contribution is -2.68. The van der Waals surface area contributed by atoms with E-state index in [4.69, 9.17) is 14.4 Å². The molecule has 0 aromatic heterocycles. The molecule has 2 rings (SSSR count). The van der Waals surface area contributed by atoms with Gasteiger partial charge in [0.05, 0.1) is 14.2 Å². The van der Waals surface area contributed by atoms with E-state index in [2.05, 4.69) is 16.9 Å². The van der Waals surface area contributed by atoms with Crippen LogP contribution in [0.15, 0.2) is 9.98 Å². The van der Waals surface area contributed by atoms with E-state index in [-0.39, 0.29) is 5.71 Å². The summed E-state index contributed by atoms with van der Waals surface area (Å²) in [5.41, 5.74) is -0.0390. The number of nitrogens with zero attached hydrogens (tertiary/aromatic N) is 4. The maximum absolute atomic E-state index is 12.5. The Bertz CT molecular complexity index is 607. The fourth-order valence-corrected chi connectivity index (χ4v) is 3.30. The van der Waals surface area contributed by atoms with Crippen LogP contribution in [0.5, 0.6) is 0 Å². The fraction of sp³-hybridized carbons (Fsp3) is 0.778. The highest BCUT2D eigenvalue weighted by Gasteiger charge is 2.60. The van der Waals surface area contributed by atoms with E-state index < -0.39 is 17.8 Å². The van der Waals surface area contributed by atoms with Gasteiger partial charge in [-0.25, -0.2) is 14.8 Å². The summed E-state index contributed by atoms with van der Waals surface area (Å²) in [5.74, 6) is -1.92. The van der Waals surface area contributed by atoms with Crippen molar-refractivity contribution in [3.63, 3.8) is 0 Å². The second kappa shape index (κ2) is 9.91. The molecule has 2 aliphatic heterocycles. The van der Waals surface area contributed by atoms with Crippen molar-refractivity contribution in [2.75, 3.05) is 21.3 Å². The number of carbonyl (C=O) groups excluding carboxylic acids is 2. The van der Waals surface area contributed by atoms with Gasteiger partial charge in [-0.05, 0) is 6.42 Å². The molecule has 1 fully saturated rings. The standard InChI is InChI=1S/C18H30N4O5/c1-5-6-7-8-9-10-11-12-13-14-19-15-16(23)21(26-3)17(24)22(27-4)18(15,20-14)25-2/h5-13H2,1-4H3. The van der Waals surface area contributed by atoms with Crippen LogP contribution >= 0.6 is 0 Å². The Morgan fingerprint density at radius 1 is 0.926 bits per heavy atom. The molecule has 1 saturated heterocycles. The molecule has 1 atom stereocenters. The zero-order valence-corrected chi connectivity index (χ0v) is 16.7. The molecule has 0 aromatic carbocycles. The average molecular weight is 382 g/mol. The minimum Gasteiger partial charge on any atom is -0.333 e. The van der Waals surface area contributed by atoms with Crippen molar-refractivity contribution in [3.05, 3.63) is 0 Å². The predicted octanol–water partition coefficient (Wildman–Crippen LogP) is 3.06. The maximum Gasteiger partial charge on any atom is 0.380 e. The van der Waals surface area contributed by atoms with E-state index in [1.54, 1.807) is 0 Å². The SMILES string of the molecule is CCCCCCCCCCC1=NC2(OC)C(=N1)C(=O)N(OC)C(=O)N2OC. The molecule has 2 aliphatic rings. The van der Waals surface area contributed by atoms with Gasteiger partial charge in [0.15, 0.2) is 5.71 Å². The number of hydrogen-bond acceptors (Lipinski definition) is 7. The Morgan fingerprint density at radius 3 is 2.11 bits per heavy atom. The van der Waals surface area contributed by atoms with Crippen molar-refractivity contribution in [1.29, 1.82) is 0 Å². The van der Waals surface area contributed by atoms with E-state index in [9.17, 15) is 9.59 Å². The molecular formula is C18H30N4O5. The zero-order valence-electron chi connectivity index (χ0n) is 16.7. The molecule has 152 valence electrons. The van der Waals surface area contributed by atoms with Crippen molar-refractivity contribution in [1.82, 2.24) is 10.1 Å². The molecule has 1 unspecified atom stereocenters. The largest absolute Gasteiger partial charge is 0.380 e. The monoisotopic (exact) mass is 382 g/mol. The van der Waals surface area contributed by atoms with Gasteiger partial charge in [-0.3, -0.25) is 14.5 Å². The lowest BCUT2D eigenvalue weighted by molar-refractivity contribution is -0.246. The highest BCUT2D eigenvalue weighted by atomic mass is 16.8. The molecule has 0 aliphatic carbocycles. The summed E-state index contributed by atoms with van der Waals surface area (Å²) in [4.78, 5) is 43.6. The van der Waals surface area contributed by atoms with Crippen LogP contribution in [-0.4, -0.2) is 60.8 Å². The van der Waals surface area contributed by atoms with Crippen LogP contribution in [0.25, 0.3) is 0 Å². The Morgan fingerprint density at radius 2 is 1.56 bits per heavy atom. The van der Waals surface area contributed by atoms with E-state index >= 15 is 0 Å². The summed E-state index contributed by atoms with van der Waals surface area (Å²) in [6.07, 6.45) is 10.1. The lowest BCUT2D eigenvalue weighted by Gasteiger charge is -2.40. The molecule has 9 nitrogen and oxygen atoms in total. The molecular weight excluding hydrogens is 352 g/mol. The highest BCUT2D eigenvalue weighted by Crippen LogP contribution is 2.33. The number of amides is 3. The molecule has 0 spiro atoms. The summed E-state index contributed by atoms with van der Waals surface area (Å²) in [7, 11) is 3.88. The van der Waals surface area contributed by atoms with Crippen LogP contribution in [0.2, 0.25) is 0 Å². The molecule has 0 radical (unpaired) electrons. The van der Waals surface area contributed by atoms with Gasteiger partial charge in [-0.1, -0.05) is 51.9 Å². The van der Waals surface area contributed by atoms with Crippen LogP contribution < -0.4 is 0 Å². The van der Waals surface area contributed by atoms with Gasteiger partial charge >= 0.3 is 17.8 Å². The van der Waals surface area contributed by atoms with Crippen LogP contribution in [0.1, 0.15) is 64.7 Å². The second-order valence-corrected chi connectivity index (χ2v) is 6.57. The van der Waals surface area contributed by atoms with Crippen molar-refractivity contribution in [2.24, 2.45) is 9.98 Å². The third-order valence-electron chi connectivity index (χ3n) is 4.74. The number of carbonyl (C=O) groups is 2. The van der Waals surface area contributed by atoms with E-state index in [1.807, 2.05) is 0 Å². The number of ether oxygens (including phenoxy) is 1. The Kier molecular flexibility index (Phi) is 7.88. The number of hydrogen-bond donors (Lipinski definition) is 0. The first-order chi connectivity index (χ1) is 13.1. The number of aliphatic imine (C=N–C) groups is 2. The van der Waals surface area contributed by atoms with Crippen LogP contribution in [-0.2, 0) is 19.2 Å². The normalized spacial score (nSPS) is 22.2. The fourth-order valence-electron chi connectivity index (χ4n) is 3.30. The van der Waals surface area contributed by atoms with Crippen LogP contribution in [0, 0.1) is 0 Å². The number of amidine groups is 1. The quantitative estimate of drug-likeness (QED) is 0.484. The molecule has 0 bridgehead atoms. The first-order valence-electron chi connectivity index (χ1n) is 9.55. The summed E-state index contributed by atoms with van der Waals surface area (Å²) in [6, 6.07) is -0.817. The van der Waals surface area contributed by atoms with Gasteiger partial charge in [-0.2, -0.15) is 0 Å². The van der Waals surface area contributed by atoms with Gasteiger partial charge in [0.1, 0.15) is 5.84 Å². The van der Waals surface area contributed by atoms with Gasteiger partial charge in [-0.15, -0.1) is 10.1 Å². The van der Waals surface area contributed by atoms with Gasteiger partial charge in [0.25, 0.3) is 0 Å². The molecule has 2 heterocycles. The summed E-state index contributed by atoms with van der Waals surface area (Å²) in [6.45, 7) is 2.21. The summed E-state index contributed by atoms with van der Waals surface area (Å²) < 4.78 is 5.41. The maximum atomic E-state index is 12.5. The number of unbranched alkanes of at least 4 members (excludes halogenated alkanes) is 7. The van der Waals surface area contributed by atoms with Crippen LogP contribution in [0.3, 0.4) is 0 Å². The topological polar surface area (TPSA) is 93.0 Å². The van der Waals surface area contributed by atoms with Gasteiger partial charge < -0.3 is 4.74 Å². The molecule has 0 saturated carbocycles. The molecule has 0 N–H and O–H groups in total. The number of urea groups is 1. The smallest absolute Gasteiger partial charge is 0.333 e. The number of methoxy groups -OCH3 is 1. The highest BCUT2D eigenvalue weighted by molar-refractivity contribution is 6.47. The number of hydroxylamine groups is 4. The van der Waals surface area contributed by atoms with Crippen molar-refractivity contribution >= 4 is 23.5 Å². The van der Waals surface area contributed by atoms with E-state index in [0.717, 1.165) is 17.9 Å². The third kappa shape index (κ3) is 4.36. The minimum absolute atomic E-state index is 0.0390. The summed E-state index contributed by atoms with van der Waals surface area (Å²) in [5, 5.41) is 1.44. The van der Waals surface area contributed by atoms with Crippen molar-refractivity contribution in [3.8, 4) is 0 Å². The first kappa shape index (κ1) is 21.5. The molecule has 9 heteroatoms. The average Bonchev–Trinajstić information content (AvgIpc) is 3.05. The van der Waals surface area contributed by atoms with Crippen molar-refractivity contribution in [2.45, 2.75) is 70.6 Å². The Labute approximate surface area is 160 Å². The number of rotatable bonds is 12.